The molecule has 0 amide bonds. The maximum atomic E-state index is 8.82. The van der Waals surface area contributed by atoms with E-state index in [4.69, 9.17) is 5.26 Å². The number of nitrogens with zero attached hydrogens (tertiary/aromatic N) is 2. The van der Waals surface area contributed by atoms with E-state index in [1.54, 1.807) is 0 Å². The minimum Gasteiger partial charge on any atom is -0.366 e. The first-order valence-corrected chi connectivity index (χ1v) is 6.72. The normalized spacial score (nSPS) is 22.5. The lowest BCUT2D eigenvalue weighted by molar-refractivity contribution is 0.476. The van der Waals surface area contributed by atoms with Crippen molar-refractivity contribution in [2.45, 2.75) is 32.2 Å². The molecule has 1 aliphatic rings. The number of anilines is 1. The lowest BCUT2D eigenvalue weighted by atomic mass is 9.95. The van der Waals surface area contributed by atoms with E-state index in [1.165, 1.54) is 5.69 Å². The monoisotopic (exact) mass is 292 g/mol. The van der Waals surface area contributed by atoms with E-state index in [9.17, 15) is 0 Å². The summed E-state index contributed by atoms with van der Waals surface area (Å²) in [7, 11) is 0. The standard InChI is InChI=1S/C14H17BrN2/c1-14(2)9-11(7-8-16)10-17(14)13-5-3-12(15)4-6-13/h3-6,11H,7,9-10H2,1-2H3. The molecule has 1 heterocycles. The van der Waals surface area contributed by atoms with Crippen LogP contribution in [-0.4, -0.2) is 12.1 Å². The molecule has 17 heavy (non-hydrogen) atoms. The van der Waals surface area contributed by atoms with Crippen molar-refractivity contribution in [3.05, 3.63) is 28.7 Å². The molecule has 1 atom stereocenters. The highest BCUT2D eigenvalue weighted by Gasteiger charge is 2.38. The van der Waals surface area contributed by atoms with E-state index in [0.29, 0.717) is 12.3 Å². The smallest absolute Gasteiger partial charge is 0.0625 e. The Bertz CT molecular complexity index is 431. The van der Waals surface area contributed by atoms with Crippen molar-refractivity contribution >= 4 is 21.6 Å². The molecule has 3 heteroatoms. The SMILES string of the molecule is CC1(C)CC(CC#N)CN1c1ccc(Br)cc1. The fraction of sp³-hybridized carbons (Fsp3) is 0.500. The fourth-order valence-electron chi connectivity index (χ4n) is 2.73. The molecular weight excluding hydrogens is 276 g/mol. The quantitative estimate of drug-likeness (QED) is 0.825. The molecule has 1 aromatic rings. The largest absolute Gasteiger partial charge is 0.366 e. The Morgan fingerprint density at radius 2 is 2.06 bits per heavy atom. The molecule has 1 aliphatic heterocycles. The van der Waals surface area contributed by atoms with Gasteiger partial charge in [0.15, 0.2) is 0 Å². The first-order chi connectivity index (χ1) is 8.03. The Labute approximate surface area is 111 Å². The lowest BCUT2D eigenvalue weighted by Gasteiger charge is -2.33. The van der Waals surface area contributed by atoms with Crippen LogP contribution in [0.4, 0.5) is 5.69 Å². The fourth-order valence-corrected chi connectivity index (χ4v) is 2.99. The molecule has 2 rings (SSSR count). The average molecular weight is 293 g/mol. The summed E-state index contributed by atoms with van der Waals surface area (Å²) in [6.45, 7) is 5.50. The van der Waals surface area contributed by atoms with E-state index in [-0.39, 0.29) is 5.54 Å². The zero-order valence-corrected chi connectivity index (χ0v) is 11.9. The van der Waals surface area contributed by atoms with Gasteiger partial charge in [-0.05, 0) is 50.5 Å². The van der Waals surface area contributed by atoms with Gasteiger partial charge in [0.25, 0.3) is 0 Å². The topological polar surface area (TPSA) is 27.0 Å². The Hall–Kier alpha value is -1.01. The molecule has 1 fully saturated rings. The summed E-state index contributed by atoms with van der Waals surface area (Å²) < 4.78 is 1.10. The van der Waals surface area contributed by atoms with Crippen LogP contribution in [0.2, 0.25) is 0 Å². The summed E-state index contributed by atoms with van der Waals surface area (Å²) in [6, 6.07) is 10.7. The van der Waals surface area contributed by atoms with Gasteiger partial charge in [0.1, 0.15) is 0 Å². The van der Waals surface area contributed by atoms with E-state index in [0.717, 1.165) is 17.4 Å². The van der Waals surface area contributed by atoms with Gasteiger partial charge in [-0.1, -0.05) is 15.9 Å². The second-order valence-electron chi connectivity index (χ2n) is 5.33. The molecule has 2 nitrogen and oxygen atoms in total. The minimum atomic E-state index is 0.148. The van der Waals surface area contributed by atoms with Crippen molar-refractivity contribution in [3.63, 3.8) is 0 Å². The highest BCUT2D eigenvalue weighted by Crippen LogP contribution is 2.38. The second kappa shape index (κ2) is 4.70. The first-order valence-electron chi connectivity index (χ1n) is 5.93. The van der Waals surface area contributed by atoms with Crippen molar-refractivity contribution < 1.29 is 0 Å². The van der Waals surface area contributed by atoms with Gasteiger partial charge < -0.3 is 4.90 Å². The highest BCUT2D eigenvalue weighted by molar-refractivity contribution is 9.10. The number of nitriles is 1. The van der Waals surface area contributed by atoms with Crippen LogP contribution in [0.25, 0.3) is 0 Å². The van der Waals surface area contributed by atoms with Crippen LogP contribution in [0.1, 0.15) is 26.7 Å². The molecule has 0 radical (unpaired) electrons. The van der Waals surface area contributed by atoms with Crippen LogP contribution in [0.5, 0.6) is 0 Å². The van der Waals surface area contributed by atoms with Crippen LogP contribution in [0.3, 0.4) is 0 Å². The molecule has 0 bridgehead atoms. The summed E-state index contributed by atoms with van der Waals surface area (Å²) in [5.74, 6) is 0.499. The summed E-state index contributed by atoms with van der Waals surface area (Å²) in [4.78, 5) is 2.42. The molecule has 0 aromatic heterocycles. The third-order valence-electron chi connectivity index (χ3n) is 3.48. The third kappa shape index (κ3) is 2.63. The predicted molar refractivity (Wildman–Crippen MR) is 73.9 cm³/mol. The zero-order chi connectivity index (χ0) is 12.5. The molecule has 0 N–H and O–H groups in total. The van der Waals surface area contributed by atoms with Gasteiger partial charge in [-0.25, -0.2) is 0 Å². The van der Waals surface area contributed by atoms with E-state index in [1.807, 2.05) is 0 Å². The first kappa shape index (κ1) is 12.4. The number of hydrogen-bond donors (Lipinski definition) is 0. The molecule has 0 aliphatic carbocycles. The van der Waals surface area contributed by atoms with E-state index < -0.39 is 0 Å². The van der Waals surface area contributed by atoms with Crippen LogP contribution in [0, 0.1) is 17.2 Å². The number of benzene rings is 1. The van der Waals surface area contributed by atoms with Gasteiger partial charge in [0, 0.05) is 28.7 Å². The Morgan fingerprint density at radius 3 is 2.65 bits per heavy atom. The molecule has 1 unspecified atom stereocenters. The van der Waals surface area contributed by atoms with Crippen molar-refractivity contribution in [3.8, 4) is 6.07 Å². The third-order valence-corrected chi connectivity index (χ3v) is 4.01. The van der Waals surface area contributed by atoms with Crippen molar-refractivity contribution in [1.82, 2.24) is 0 Å². The summed E-state index contributed by atoms with van der Waals surface area (Å²) in [6.07, 6.45) is 1.76. The van der Waals surface area contributed by atoms with Gasteiger partial charge in [0.05, 0.1) is 6.07 Å². The molecular formula is C14H17BrN2. The molecule has 0 spiro atoms. The molecule has 90 valence electrons. The zero-order valence-electron chi connectivity index (χ0n) is 10.3. The van der Waals surface area contributed by atoms with Crippen molar-refractivity contribution in [1.29, 1.82) is 5.26 Å². The van der Waals surface area contributed by atoms with Crippen molar-refractivity contribution in [2.75, 3.05) is 11.4 Å². The van der Waals surface area contributed by atoms with Crippen LogP contribution >= 0.6 is 15.9 Å². The minimum absolute atomic E-state index is 0.148. The Kier molecular flexibility index (Phi) is 3.44. The average Bonchev–Trinajstić information content (AvgIpc) is 2.55. The maximum Gasteiger partial charge on any atom is 0.0625 e. The predicted octanol–water partition coefficient (Wildman–Crippen LogP) is 3.97. The van der Waals surface area contributed by atoms with Crippen LogP contribution in [0.15, 0.2) is 28.7 Å². The Balaban J connectivity index is 2.21. The van der Waals surface area contributed by atoms with E-state index >= 15 is 0 Å². The number of rotatable bonds is 2. The van der Waals surface area contributed by atoms with Gasteiger partial charge in [-0.15, -0.1) is 0 Å². The van der Waals surface area contributed by atoms with Crippen LogP contribution in [-0.2, 0) is 0 Å². The lowest BCUT2D eigenvalue weighted by Crippen LogP contribution is -2.38. The van der Waals surface area contributed by atoms with Crippen LogP contribution < -0.4 is 4.90 Å². The number of hydrogen-bond acceptors (Lipinski definition) is 2. The summed E-state index contributed by atoms with van der Waals surface area (Å²) >= 11 is 3.46. The molecule has 1 saturated heterocycles. The summed E-state index contributed by atoms with van der Waals surface area (Å²) in [5.41, 5.74) is 1.40. The summed E-state index contributed by atoms with van der Waals surface area (Å²) in [5, 5.41) is 8.82. The molecule has 0 saturated carbocycles. The van der Waals surface area contributed by atoms with Crippen molar-refractivity contribution in [2.24, 2.45) is 5.92 Å². The van der Waals surface area contributed by atoms with Gasteiger partial charge >= 0.3 is 0 Å². The maximum absolute atomic E-state index is 8.82. The van der Waals surface area contributed by atoms with Gasteiger partial charge in [-0.2, -0.15) is 5.26 Å². The number of halogens is 1. The van der Waals surface area contributed by atoms with E-state index in [2.05, 4.69) is 65.0 Å². The Morgan fingerprint density at radius 1 is 1.41 bits per heavy atom. The van der Waals surface area contributed by atoms with Gasteiger partial charge in [0.2, 0.25) is 0 Å². The molecule has 1 aromatic carbocycles. The second-order valence-corrected chi connectivity index (χ2v) is 6.25. The highest BCUT2D eigenvalue weighted by atomic mass is 79.9. The van der Waals surface area contributed by atoms with Gasteiger partial charge in [-0.3, -0.25) is 0 Å².